The van der Waals surface area contributed by atoms with Crippen molar-refractivity contribution in [2.45, 2.75) is 117 Å². The molecule has 4 N–H and O–H groups in total. The first-order chi connectivity index (χ1) is 23.7. The van der Waals surface area contributed by atoms with Crippen molar-refractivity contribution in [3.8, 4) is 0 Å². The largest absolute Gasteiger partial charge is 0.478 e. The van der Waals surface area contributed by atoms with Gasteiger partial charge in [0.1, 0.15) is 11.0 Å². The number of fused-ring (bicyclic) bond motifs is 7. The van der Waals surface area contributed by atoms with Crippen molar-refractivity contribution < 1.29 is 14.1 Å². The molecule has 5 nitrogen and oxygen atoms in total. The second-order valence-corrected chi connectivity index (χ2v) is 19.0. The van der Waals surface area contributed by atoms with Crippen molar-refractivity contribution in [3.05, 3.63) is 84.0 Å². The Hall–Kier alpha value is -2.54. The number of nitrogens with two attached hydrogens (primary N) is 1. The number of benzene rings is 2. The molecule has 9 atom stereocenters. The number of carbonyl (C=O) groups is 1. The van der Waals surface area contributed by atoms with Crippen LogP contribution in [0.2, 0.25) is 0 Å². The quantitative estimate of drug-likeness (QED) is 0.251. The first kappa shape index (κ1) is 37.2. The van der Waals surface area contributed by atoms with Crippen molar-refractivity contribution in [1.82, 2.24) is 5.32 Å². The Bertz CT molecular complexity index is 1630. The lowest BCUT2D eigenvalue weighted by Gasteiger charge is -2.72. The van der Waals surface area contributed by atoms with Gasteiger partial charge in [-0.05, 0) is 156 Å². The Morgan fingerprint density at radius 1 is 0.900 bits per heavy atom. The summed E-state index contributed by atoms with van der Waals surface area (Å²) in [5, 5.41) is 18.9. The third-order valence-corrected chi connectivity index (χ3v) is 16.3. The molecule has 6 heteroatoms. The van der Waals surface area contributed by atoms with Crippen molar-refractivity contribution in [2.75, 3.05) is 6.54 Å². The summed E-state index contributed by atoms with van der Waals surface area (Å²) >= 11 is 0. The number of aromatic carboxylic acids is 1. The zero-order valence-electron chi connectivity index (χ0n) is 31.5. The van der Waals surface area contributed by atoms with Crippen LogP contribution in [0.1, 0.15) is 127 Å². The van der Waals surface area contributed by atoms with Gasteiger partial charge in [-0.2, -0.15) is 0 Å². The Morgan fingerprint density at radius 3 is 2.22 bits per heavy atom. The molecule has 2 aromatic rings. The summed E-state index contributed by atoms with van der Waals surface area (Å²) in [7, 11) is -1.43. The maximum absolute atomic E-state index is 11.6. The minimum Gasteiger partial charge on any atom is -0.478 e. The molecule has 4 fully saturated rings. The van der Waals surface area contributed by atoms with Gasteiger partial charge in [0.05, 0.1) is 10.5 Å². The second-order valence-electron chi connectivity index (χ2n) is 17.9. The molecule has 50 heavy (non-hydrogen) atoms. The fraction of sp³-hybridized carbons (Fsp3) is 0.614. The summed E-state index contributed by atoms with van der Waals surface area (Å²) in [4.78, 5) is 12.2. The van der Waals surface area contributed by atoms with Gasteiger partial charge in [-0.3, -0.25) is 0 Å². The highest BCUT2D eigenvalue weighted by molar-refractivity contribution is 7.82. The molecular formula is C44H62N2O3S. The van der Waals surface area contributed by atoms with Gasteiger partial charge < -0.3 is 10.4 Å². The Kier molecular flexibility index (Phi) is 10.3. The highest BCUT2D eigenvalue weighted by atomic mass is 32.2. The predicted octanol–water partition coefficient (Wildman–Crippen LogP) is 10.2. The molecule has 7 rings (SSSR count). The van der Waals surface area contributed by atoms with Crippen LogP contribution in [0.15, 0.2) is 72.2 Å². The lowest BCUT2D eigenvalue weighted by Crippen LogP contribution is -2.65. The number of carboxylic acid groups (broad SMARTS) is 1. The number of rotatable bonds is 7. The van der Waals surface area contributed by atoms with E-state index in [2.05, 4.69) is 64.7 Å². The molecule has 0 spiro atoms. The molecule has 5 aliphatic rings. The van der Waals surface area contributed by atoms with Crippen LogP contribution in [0.4, 0.5) is 0 Å². The Morgan fingerprint density at radius 2 is 1.58 bits per heavy atom. The molecule has 0 heterocycles. The number of nitrogens with one attached hydrogen (secondary N) is 1. The van der Waals surface area contributed by atoms with Gasteiger partial charge in [-0.15, -0.1) is 6.58 Å². The summed E-state index contributed by atoms with van der Waals surface area (Å²) in [6, 6.07) is 15.5. The third kappa shape index (κ3) is 5.99. The first-order valence-corrected chi connectivity index (χ1v) is 20.5. The monoisotopic (exact) mass is 698 g/mol. The van der Waals surface area contributed by atoms with Gasteiger partial charge in [-0.25, -0.2) is 14.1 Å². The maximum Gasteiger partial charge on any atom is 0.335 e. The summed E-state index contributed by atoms with van der Waals surface area (Å²) in [5.41, 5.74) is 5.63. The van der Waals surface area contributed by atoms with E-state index in [1.54, 1.807) is 18.2 Å². The van der Waals surface area contributed by atoms with Crippen LogP contribution in [0, 0.1) is 50.7 Å². The lowest BCUT2D eigenvalue weighted by molar-refractivity contribution is -0.222. The van der Waals surface area contributed by atoms with E-state index in [0.29, 0.717) is 32.6 Å². The van der Waals surface area contributed by atoms with Crippen molar-refractivity contribution in [2.24, 2.45) is 55.9 Å². The van der Waals surface area contributed by atoms with E-state index >= 15 is 0 Å². The molecule has 0 bridgehead atoms. The van der Waals surface area contributed by atoms with Gasteiger partial charge in [-0.1, -0.05) is 77.5 Å². The third-order valence-electron chi connectivity index (χ3n) is 15.5. The summed E-state index contributed by atoms with van der Waals surface area (Å²) in [6.07, 6.45) is 17.5. The zero-order chi connectivity index (χ0) is 36.1. The van der Waals surface area contributed by atoms with Crippen LogP contribution in [-0.4, -0.2) is 21.8 Å². The molecule has 0 saturated heterocycles. The van der Waals surface area contributed by atoms with Crippen molar-refractivity contribution in [3.63, 3.8) is 0 Å². The van der Waals surface area contributed by atoms with E-state index < -0.39 is 17.0 Å². The van der Waals surface area contributed by atoms with Gasteiger partial charge in [0.15, 0.2) is 0 Å². The molecule has 272 valence electrons. The minimum absolute atomic E-state index is 0.0391. The number of hydrogen-bond donors (Lipinski definition) is 3. The average molecular weight is 699 g/mol. The topological polar surface area (TPSA) is 92.4 Å². The predicted molar refractivity (Wildman–Crippen MR) is 207 cm³/mol. The fourth-order valence-electron chi connectivity index (χ4n) is 13.1. The molecule has 0 amide bonds. The zero-order valence-corrected chi connectivity index (χ0v) is 32.3. The highest BCUT2D eigenvalue weighted by Gasteiger charge is 2.69. The van der Waals surface area contributed by atoms with Gasteiger partial charge in [0.25, 0.3) is 0 Å². The molecule has 2 aromatic carbocycles. The van der Waals surface area contributed by atoms with Crippen molar-refractivity contribution in [1.29, 1.82) is 0 Å². The lowest BCUT2D eigenvalue weighted by atomic mass is 9.32. The van der Waals surface area contributed by atoms with Crippen molar-refractivity contribution >= 4 is 22.5 Å². The van der Waals surface area contributed by atoms with Crippen LogP contribution < -0.4 is 10.5 Å². The summed E-state index contributed by atoms with van der Waals surface area (Å²) in [5.74, 6) is 2.09. The molecular weight excluding hydrogens is 637 g/mol. The van der Waals surface area contributed by atoms with E-state index in [1.165, 1.54) is 74.5 Å². The molecule has 0 aliphatic heterocycles. The van der Waals surface area contributed by atoms with Gasteiger partial charge >= 0.3 is 5.97 Å². The highest BCUT2D eigenvalue weighted by Crippen LogP contribution is 2.77. The van der Waals surface area contributed by atoms with Gasteiger partial charge in [0, 0.05) is 13.1 Å². The van der Waals surface area contributed by atoms with Crippen LogP contribution in [0.5, 0.6) is 0 Å². The first-order valence-electron chi connectivity index (χ1n) is 19.2. The average Bonchev–Trinajstić information content (AvgIpc) is 3.50. The number of hydrogen-bond acceptors (Lipinski definition) is 3. The SMILES string of the molecule is C=CC.CC1(C)C(c2ccc(C(=O)O)cc2)=CCC2(C)C1CCC1(C)C2CCC2C3CCCC3(CNCc3ccc(S(N)=O)cc3)CC[C@]21C. The van der Waals surface area contributed by atoms with Gasteiger partial charge in [0.2, 0.25) is 0 Å². The normalized spacial score (nSPS) is 37.4. The molecule has 0 radical (unpaired) electrons. The smallest absolute Gasteiger partial charge is 0.335 e. The molecule has 5 aliphatic carbocycles. The maximum atomic E-state index is 11.6. The van der Waals surface area contributed by atoms with E-state index in [1.807, 2.05) is 31.2 Å². The summed E-state index contributed by atoms with van der Waals surface area (Å²) in [6.45, 7) is 20.2. The van der Waals surface area contributed by atoms with E-state index in [4.69, 9.17) is 5.14 Å². The number of allylic oxidation sites excluding steroid dienone is 3. The minimum atomic E-state index is -1.43. The second kappa shape index (κ2) is 13.8. The van der Waals surface area contributed by atoms with E-state index in [9.17, 15) is 14.1 Å². The fourth-order valence-corrected chi connectivity index (χ4v) is 13.5. The molecule has 4 saturated carbocycles. The standard InChI is InChI=1S/C41H56N2O3S.C3H6/c1-37(2)31(28-10-12-29(13-11-28)36(44)45)18-21-38(3)34(37)19-22-40(5)35(38)17-16-32-33-7-6-20-41(33,24-23-39(32,40)4)26-43-25-27-8-14-30(15-9-27)47(42)46;1-3-2/h8-15,18,32-35,43H,6-7,16-17,19-26,42H2,1-5H3,(H,44,45);3H,1H2,2H3/t32?,33?,34?,35?,38?,39-,40?,41?,47?;/m1./s1. The van der Waals surface area contributed by atoms with Crippen LogP contribution in [0.25, 0.3) is 5.57 Å². The Labute approximate surface area is 304 Å². The van der Waals surface area contributed by atoms with Crippen LogP contribution >= 0.6 is 0 Å². The van der Waals surface area contributed by atoms with Crippen LogP contribution in [-0.2, 0) is 17.5 Å². The van der Waals surface area contributed by atoms with E-state index in [-0.39, 0.29) is 10.8 Å². The Balaban J connectivity index is 0.00000139. The van der Waals surface area contributed by atoms with Crippen LogP contribution in [0.3, 0.4) is 0 Å². The molecule has 0 aromatic heterocycles. The number of carboxylic acids is 1. The van der Waals surface area contributed by atoms with E-state index in [0.717, 1.165) is 37.3 Å². The molecule has 8 unspecified atom stereocenters. The summed E-state index contributed by atoms with van der Waals surface area (Å²) < 4.78 is 11.6.